The molecule has 0 spiro atoms. The van der Waals surface area contributed by atoms with Gasteiger partial charge in [0.1, 0.15) is 11.6 Å². The second-order valence-electron chi connectivity index (χ2n) is 5.84. The van der Waals surface area contributed by atoms with Gasteiger partial charge in [-0.1, -0.05) is 41.9 Å². The Morgan fingerprint density at radius 3 is 2.58 bits per heavy atom. The second kappa shape index (κ2) is 8.03. The number of aromatic hydroxyl groups is 1. The number of anilines is 3. The summed E-state index contributed by atoms with van der Waals surface area (Å²) >= 11 is 6.01. The fourth-order valence-electron chi connectivity index (χ4n) is 2.35. The summed E-state index contributed by atoms with van der Waals surface area (Å²) in [7, 11) is 0. The molecule has 0 saturated heterocycles. The van der Waals surface area contributed by atoms with E-state index in [2.05, 4.69) is 20.6 Å². The zero-order chi connectivity index (χ0) is 18.5. The summed E-state index contributed by atoms with van der Waals surface area (Å²) in [5, 5.41) is 25.9. The van der Waals surface area contributed by atoms with Crippen LogP contribution in [0.5, 0.6) is 5.75 Å². The number of aliphatic hydroxyl groups is 1. The van der Waals surface area contributed by atoms with Crippen molar-refractivity contribution in [2.75, 3.05) is 17.2 Å². The number of nitrogens with zero attached hydrogens (tertiary/aromatic N) is 2. The van der Waals surface area contributed by atoms with E-state index in [0.717, 1.165) is 5.56 Å². The van der Waals surface area contributed by atoms with Gasteiger partial charge in [0.25, 0.3) is 0 Å². The van der Waals surface area contributed by atoms with Crippen LogP contribution in [0, 0.1) is 0 Å². The lowest BCUT2D eigenvalue weighted by Gasteiger charge is -2.15. The van der Waals surface area contributed by atoms with Gasteiger partial charge < -0.3 is 20.8 Å². The first-order chi connectivity index (χ1) is 12.5. The number of phenolic OH excluding ortho intramolecular Hbond substituents is 1. The summed E-state index contributed by atoms with van der Waals surface area (Å²) < 4.78 is 0. The lowest BCUT2D eigenvalue weighted by Crippen LogP contribution is -2.21. The number of nitrogens with one attached hydrogen (secondary N) is 2. The van der Waals surface area contributed by atoms with Crippen molar-refractivity contribution < 1.29 is 10.2 Å². The van der Waals surface area contributed by atoms with Crippen LogP contribution in [-0.4, -0.2) is 32.8 Å². The van der Waals surface area contributed by atoms with Gasteiger partial charge in [0.05, 0.1) is 18.0 Å². The van der Waals surface area contributed by atoms with E-state index in [1.54, 1.807) is 18.2 Å². The highest BCUT2D eigenvalue weighted by Gasteiger charge is 2.11. The third-order valence-corrected chi connectivity index (χ3v) is 3.90. The minimum Gasteiger partial charge on any atom is -0.506 e. The molecule has 7 heteroatoms. The van der Waals surface area contributed by atoms with Crippen LogP contribution in [0.2, 0.25) is 5.02 Å². The Morgan fingerprint density at radius 2 is 1.85 bits per heavy atom. The van der Waals surface area contributed by atoms with Crippen molar-refractivity contribution in [3.63, 3.8) is 0 Å². The monoisotopic (exact) mass is 370 g/mol. The van der Waals surface area contributed by atoms with Crippen LogP contribution >= 0.6 is 11.6 Å². The minimum absolute atomic E-state index is 0.0449. The van der Waals surface area contributed by atoms with Crippen molar-refractivity contribution in [2.24, 2.45) is 0 Å². The highest BCUT2D eigenvalue weighted by atomic mass is 35.5. The molecule has 0 bridgehead atoms. The third kappa shape index (κ3) is 4.41. The summed E-state index contributed by atoms with van der Waals surface area (Å²) in [4.78, 5) is 8.93. The Balaban J connectivity index is 2.00. The molecule has 1 atom stereocenters. The van der Waals surface area contributed by atoms with Crippen molar-refractivity contribution in [1.82, 2.24) is 9.97 Å². The lowest BCUT2D eigenvalue weighted by atomic mass is 10.1. The maximum Gasteiger partial charge on any atom is 0.225 e. The number of benzene rings is 2. The predicted molar refractivity (Wildman–Crippen MR) is 104 cm³/mol. The standard InChI is InChI=1S/C19H19ClN4O2/c1-12(11-25)21-19-23-15(13-5-3-2-4-6-13)10-18(24-19)22-16-9-14(20)7-8-17(16)26/h2-10,12,25-26H,11H2,1H3,(H2,21,22,23,24)/t12-/m1/s1. The highest BCUT2D eigenvalue weighted by molar-refractivity contribution is 6.31. The number of hydrogen-bond acceptors (Lipinski definition) is 6. The van der Waals surface area contributed by atoms with Crippen molar-refractivity contribution >= 4 is 29.1 Å². The first-order valence-electron chi connectivity index (χ1n) is 8.12. The van der Waals surface area contributed by atoms with Crippen molar-refractivity contribution in [3.05, 3.63) is 59.6 Å². The van der Waals surface area contributed by atoms with Crippen molar-refractivity contribution in [3.8, 4) is 17.0 Å². The van der Waals surface area contributed by atoms with Gasteiger partial charge in [-0.05, 0) is 25.1 Å². The molecular weight excluding hydrogens is 352 g/mol. The number of aliphatic hydroxyl groups excluding tert-OH is 1. The topological polar surface area (TPSA) is 90.3 Å². The Bertz CT molecular complexity index is 890. The van der Waals surface area contributed by atoms with Gasteiger partial charge in [-0.3, -0.25) is 0 Å². The molecule has 4 N–H and O–H groups in total. The normalized spacial score (nSPS) is 11.8. The SMILES string of the molecule is C[C@H](CO)Nc1nc(Nc2cc(Cl)ccc2O)cc(-c2ccccc2)n1. The van der Waals surface area contributed by atoms with E-state index in [1.165, 1.54) is 6.07 Å². The maximum atomic E-state index is 10.0. The van der Waals surface area contributed by atoms with E-state index in [0.29, 0.717) is 28.2 Å². The molecule has 0 aliphatic heterocycles. The van der Waals surface area contributed by atoms with E-state index >= 15 is 0 Å². The zero-order valence-electron chi connectivity index (χ0n) is 14.1. The molecule has 2 aromatic carbocycles. The van der Waals surface area contributed by atoms with Gasteiger partial charge in [0, 0.05) is 22.7 Å². The molecule has 3 rings (SSSR count). The summed E-state index contributed by atoms with van der Waals surface area (Å²) in [6.45, 7) is 1.78. The van der Waals surface area contributed by atoms with Crippen molar-refractivity contribution in [2.45, 2.75) is 13.0 Å². The summed E-state index contributed by atoms with van der Waals surface area (Å²) in [6.07, 6.45) is 0. The molecule has 0 aliphatic carbocycles. The molecule has 1 heterocycles. The number of halogens is 1. The van der Waals surface area contributed by atoms with E-state index in [1.807, 2.05) is 37.3 Å². The van der Waals surface area contributed by atoms with Crippen LogP contribution in [0.25, 0.3) is 11.3 Å². The molecule has 134 valence electrons. The Kier molecular flexibility index (Phi) is 5.55. The summed E-state index contributed by atoms with van der Waals surface area (Å²) in [5.74, 6) is 0.925. The Morgan fingerprint density at radius 1 is 1.08 bits per heavy atom. The van der Waals surface area contributed by atoms with E-state index < -0.39 is 0 Å². The van der Waals surface area contributed by atoms with Gasteiger partial charge in [-0.25, -0.2) is 4.98 Å². The molecule has 0 aliphatic rings. The van der Waals surface area contributed by atoms with Gasteiger partial charge in [-0.2, -0.15) is 4.98 Å². The fourth-order valence-corrected chi connectivity index (χ4v) is 2.52. The van der Waals surface area contributed by atoms with Gasteiger partial charge in [0.2, 0.25) is 5.95 Å². The molecular formula is C19H19ClN4O2. The van der Waals surface area contributed by atoms with Crippen LogP contribution < -0.4 is 10.6 Å². The Labute approximate surface area is 156 Å². The number of aromatic nitrogens is 2. The smallest absolute Gasteiger partial charge is 0.225 e. The van der Waals surface area contributed by atoms with Crippen LogP contribution in [0.4, 0.5) is 17.5 Å². The predicted octanol–water partition coefficient (Wildman–Crippen LogP) is 4.04. The van der Waals surface area contributed by atoms with E-state index in [4.69, 9.17) is 11.6 Å². The van der Waals surface area contributed by atoms with Crippen molar-refractivity contribution in [1.29, 1.82) is 0 Å². The van der Waals surface area contributed by atoms with Gasteiger partial charge in [0.15, 0.2) is 0 Å². The molecule has 0 fully saturated rings. The fraction of sp³-hybridized carbons (Fsp3) is 0.158. The Hall–Kier alpha value is -2.83. The average molecular weight is 371 g/mol. The van der Waals surface area contributed by atoms with Crippen LogP contribution in [0.1, 0.15) is 6.92 Å². The largest absolute Gasteiger partial charge is 0.506 e. The van der Waals surface area contributed by atoms with Crippen LogP contribution in [0.15, 0.2) is 54.6 Å². The number of rotatable bonds is 6. The minimum atomic E-state index is -0.201. The van der Waals surface area contributed by atoms with Gasteiger partial charge >= 0.3 is 0 Å². The molecule has 26 heavy (non-hydrogen) atoms. The van der Waals surface area contributed by atoms with Crippen LogP contribution in [0.3, 0.4) is 0 Å². The summed E-state index contributed by atoms with van der Waals surface area (Å²) in [6, 6.07) is 16.0. The molecule has 0 saturated carbocycles. The molecule has 3 aromatic rings. The van der Waals surface area contributed by atoms with E-state index in [-0.39, 0.29) is 18.4 Å². The lowest BCUT2D eigenvalue weighted by molar-refractivity contribution is 0.281. The average Bonchev–Trinajstić information content (AvgIpc) is 2.65. The molecule has 6 nitrogen and oxygen atoms in total. The third-order valence-electron chi connectivity index (χ3n) is 3.67. The molecule has 0 amide bonds. The highest BCUT2D eigenvalue weighted by Crippen LogP contribution is 2.30. The molecule has 1 aromatic heterocycles. The number of phenols is 1. The molecule has 0 radical (unpaired) electrons. The van der Waals surface area contributed by atoms with Gasteiger partial charge in [-0.15, -0.1) is 0 Å². The van der Waals surface area contributed by atoms with E-state index in [9.17, 15) is 10.2 Å². The number of hydrogen-bond donors (Lipinski definition) is 4. The second-order valence-corrected chi connectivity index (χ2v) is 6.28. The quantitative estimate of drug-likeness (QED) is 0.490. The summed E-state index contributed by atoms with van der Waals surface area (Å²) in [5.41, 5.74) is 2.07. The maximum absolute atomic E-state index is 10.0. The first-order valence-corrected chi connectivity index (χ1v) is 8.50. The van der Waals surface area contributed by atoms with Crippen LogP contribution in [-0.2, 0) is 0 Å². The zero-order valence-corrected chi connectivity index (χ0v) is 14.9. The molecule has 0 unspecified atom stereocenters. The first kappa shape index (κ1) is 18.0.